The number of aliphatic carboxylic acids is 1. The summed E-state index contributed by atoms with van der Waals surface area (Å²) >= 11 is 0. The van der Waals surface area contributed by atoms with Gasteiger partial charge in [-0.2, -0.15) is 0 Å². The number of rotatable bonds is 6. The van der Waals surface area contributed by atoms with Crippen LogP contribution in [0.1, 0.15) is 26.5 Å². The first-order valence-corrected chi connectivity index (χ1v) is 5.47. The molecule has 0 saturated carbocycles. The summed E-state index contributed by atoms with van der Waals surface area (Å²) in [6.07, 6.45) is 1.97. The molecule has 0 fully saturated rings. The molecule has 0 saturated heterocycles. The van der Waals surface area contributed by atoms with E-state index >= 15 is 0 Å². The van der Waals surface area contributed by atoms with Crippen molar-refractivity contribution in [1.29, 1.82) is 0 Å². The highest BCUT2D eigenvalue weighted by atomic mass is 16.5. The second-order valence-electron chi connectivity index (χ2n) is 4.81. The van der Waals surface area contributed by atoms with Crippen LogP contribution >= 0.6 is 0 Å². The first-order valence-electron chi connectivity index (χ1n) is 5.47. The Hall–Kier alpha value is -2.05. The maximum atomic E-state index is 10.8. The fourth-order valence-electron chi connectivity index (χ4n) is 1.30. The van der Waals surface area contributed by atoms with E-state index in [2.05, 4.69) is 15.3 Å². The van der Waals surface area contributed by atoms with Crippen molar-refractivity contribution in [2.45, 2.75) is 38.8 Å². The lowest BCUT2D eigenvalue weighted by Crippen LogP contribution is -2.37. The summed E-state index contributed by atoms with van der Waals surface area (Å²) in [5.74, 6) is -1.10. The predicted molar refractivity (Wildman–Crippen MR) is 63.3 cm³/mol. The normalized spacial score (nSPS) is 12.8. The molecule has 0 aromatic carbocycles. The molecule has 0 aliphatic rings. The molecule has 1 amide bonds. The van der Waals surface area contributed by atoms with Gasteiger partial charge in [0, 0.05) is 12.1 Å². The van der Waals surface area contributed by atoms with Gasteiger partial charge in [-0.05, 0) is 20.8 Å². The van der Waals surface area contributed by atoms with Gasteiger partial charge in [-0.15, -0.1) is 0 Å². The summed E-state index contributed by atoms with van der Waals surface area (Å²) < 4.78 is 5.48. The molecule has 18 heavy (non-hydrogen) atoms. The van der Waals surface area contributed by atoms with E-state index in [1.807, 2.05) is 20.8 Å². The number of H-pyrrole nitrogens is 1. The quantitative estimate of drug-likeness (QED) is 0.635. The van der Waals surface area contributed by atoms with Crippen LogP contribution in [0, 0.1) is 0 Å². The average Bonchev–Trinajstić information content (AvgIpc) is 2.62. The standard InChI is InChI=1S/C11H17N3O4/c1-11(2,3)18-10-12-5-7(14-10)4-8(9(16)17)13-6-15/h5-6,8H,4H2,1-3H3,(H,12,14)(H,13,15)(H,16,17)/t8-/m0/s1. The van der Waals surface area contributed by atoms with Crippen molar-refractivity contribution < 1.29 is 19.4 Å². The number of carbonyl (C=O) groups is 2. The van der Waals surface area contributed by atoms with Crippen molar-refractivity contribution >= 4 is 12.4 Å². The number of carbonyl (C=O) groups excluding carboxylic acids is 1. The summed E-state index contributed by atoms with van der Waals surface area (Å²) in [7, 11) is 0. The molecule has 0 aliphatic carbocycles. The molecule has 100 valence electrons. The highest BCUT2D eigenvalue weighted by Crippen LogP contribution is 2.14. The minimum absolute atomic E-state index is 0.120. The van der Waals surface area contributed by atoms with E-state index in [-0.39, 0.29) is 12.0 Å². The monoisotopic (exact) mass is 255 g/mol. The fourth-order valence-corrected chi connectivity index (χ4v) is 1.30. The van der Waals surface area contributed by atoms with Crippen molar-refractivity contribution in [1.82, 2.24) is 15.3 Å². The maximum absolute atomic E-state index is 10.8. The summed E-state index contributed by atoms with van der Waals surface area (Å²) in [6, 6.07) is -0.654. The molecular weight excluding hydrogens is 238 g/mol. The minimum Gasteiger partial charge on any atom is -0.480 e. The highest BCUT2D eigenvalue weighted by Gasteiger charge is 2.19. The number of ether oxygens (including phenoxy) is 1. The number of aromatic amines is 1. The SMILES string of the molecule is CC(C)(C)Oc1ncc(C[C@H](NC=O)C(=O)O)[nH]1. The van der Waals surface area contributed by atoms with Crippen LogP contribution in [-0.2, 0) is 16.0 Å². The molecule has 0 unspecified atom stereocenters. The smallest absolute Gasteiger partial charge is 0.326 e. The van der Waals surface area contributed by atoms with Crippen LogP contribution in [0.4, 0.5) is 0 Å². The van der Waals surface area contributed by atoms with E-state index in [1.54, 1.807) is 0 Å². The van der Waals surface area contributed by atoms with Crippen LogP contribution < -0.4 is 10.1 Å². The Morgan fingerprint density at radius 2 is 2.33 bits per heavy atom. The maximum Gasteiger partial charge on any atom is 0.326 e. The second-order valence-corrected chi connectivity index (χ2v) is 4.81. The van der Waals surface area contributed by atoms with Crippen molar-refractivity contribution in [3.05, 3.63) is 11.9 Å². The predicted octanol–water partition coefficient (Wildman–Crippen LogP) is 0.329. The number of nitrogens with one attached hydrogen (secondary N) is 2. The summed E-state index contributed by atoms with van der Waals surface area (Å²) in [5, 5.41) is 11.1. The molecule has 1 heterocycles. The number of imidazole rings is 1. The lowest BCUT2D eigenvalue weighted by atomic mass is 10.2. The third kappa shape index (κ3) is 4.44. The third-order valence-corrected chi connectivity index (χ3v) is 2.00. The molecule has 1 rings (SSSR count). The van der Waals surface area contributed by atoms with Crippen LogP contribution in [-0.4, -0.2) is 39.1 Å². The number of hydrogen-bond donors (Lipinski definition) is 3. The van der Waals surface area contributed by atoms with Gasteiger partial charge in [0.1, 0.15) is 11.6 Å². The zero-order valence-electron chi connectivity index (χ0n) is 10.6. The van der Waals surface area contributed by atoms with Crippen molar-refractivity contribution in [2.75, 3.05) is 0 Å². The Bertz CT molecular complexity index is 422. The van der Waals surface area contributed by atoms with E-state index in [9.17, 15) is 9.59 Å². The van der Waals surface area contributed by atoms with Crippen LogP contribution in [0.3, 0.4) is 0 Å². The molecule has 7 nitrogen and oxygen atoms in total. The summed E-state index contributed by atoms with van der Waals surface area (Å²) in [6.45, 7) is 5.63. The lowest BCUT2D eigenvalue weighted by Gasteiger charge is -2.18. The van der Waals surface area contributed by atoms with Crippen molar-refractivity contribution in [3.8, 4) is 6.01 Å². The van der Waals surface area contributed by atoms with Crippen molar-refractivity contribution in [2.24, 2.45) is 0 Å². The van der Waals surface area contributed by atoms with Gasteiger partial charge in [0.2, 0.25) is 6.41 Å². The number of nitrogens with zero attached hydrogens (tertiary/aromatic N) is 1. The summed E-state index contributed by atoms with van der Waals surface area (Å²) in [4.78, 5) is 28.0. The van der Waals surface area contributed by atoms with Gasteiger partial charge in [-0.25, -0.2) is 9.78 Å². The van der Waals surface area contributed by atoms with E-state index in [4.69, 9.17) is 9.84 Å². The lowest BCUT2D eigenvalue weighted by molar-refractivity contribution is -0.140. The first-order chi connectivity index (χ1) is 8.31. The van der Waals surface area contributed by atoms with Crippen LogP contribution in [0.5, 0.6) is 6.01 Å². The van der Waals surface area contributed by atoms with E-state index in [0.717, 1.165) is 0 Å². The number of amides is 1. The largest absolute Gasteiger partial charge is 0.480 e. The van der Waals surface area contributed by atoms with Gasteiger partial charge in [-0.1, -0.05) is 0 Å². The Balaban J connectivity index is 2.68. The molecule has 0 radical (unpaired) electrons. The highest BCUT2D eigenvalue weighted by molar-refractivity contribution is 5.76. The van der Waals surface area contributed by atoms with Gasteiger partial charge in [-0.3, -0.25) is 4.79 Å². The molecule has 1 aromatic rings. The van der Waals surface area contributed by atoms with Gasteiger partial charge >= 0.3 is 5.97 Å². The first kappa shape index (κ1) is 14.0. The molecule has 1 atom stereocenters. The number of hydrogen-bond acceptors (Lipinski definition) is 4. The number of carboxylic acid groups (broad SMARTS) is 1. The van der Waals surface area contributed by atoms with E-state index < -0.39 is 12.0 Å². The van der Waals surface area contributed by atoms with Gasteiger partial charge in [0.05, 0.1) is 6.20 Å². The average molecular weight is 255 g/mol. The Morgan fingerprint density at radius 1 is 1.67 bits per heavy atom. The molecule has 7 heteroatoms. The number of aromatic nitrogens is 2. The molecule has 3 N–H and O–H groups in total. The summed E-state index contributed by atoms with van der Waals surface area (Å²) in [5.41, 5.74) is 0.193. The van der Waals surface area contributed by atoms with Crippen molar-refractivity contribution in [3.63, 3.8) is 0 Å². The Kier molecular flexibility index (Phi) is 4.30. The molecule has 0 bridgehead atoms. The molecule has 1 aromatic heterocycles. The van der Waals surface area contributed by atoms with E-state index in [0.29, 0.717) is 18.1 Å². The van der Waals surface area contributed by atoms with E-state index in [1.165, 1.54) is 6.20 Å². The Labute approximate surface area is 105 Å². The minimum atomic E-state index is -1.10. The van der Waals surface area contributed by atoms with Gasteiger partial charge < -0.3 is 20.1 Å². The Morgan fingerprint density at radius 3 is 2.83 bits per heavy atom. The van der Waals surface area contributed by atoms with Crippen LogP contribution in [0.15, 0.2) is 6.20 Å². The zero-order chi connectivity index (χ0) is 13.8. The molecular formula is C11H17N3O4. The zero-order valence-corrected chi connectivity index (χ0v) is 10.6. The van der Waals surface area contributed by atoms with Crippen LogP contribution in [0.25, 0.3) is 0 Å². The third-order valence-electron chi connectivity index (χ3n) is 2.00. The molecule has 0 aliphatic heterocycles. The molecule has 0 spiro atoms. The van der Waals surface area contributed by atoms with Gasteiger partial charge in [0.25, 0.3) is 6.01 Å². The van der Waals surface area contributed by atoms with Gasteiger partial charge in [0.15, 0.2) is 0 Å². The topological polar surface area (TPSA) is 104 Å². The number of carboxylic acids is 1. The van der Waals surface area contributed by atoms with Crippen LogP contribution in [0.2, 0.25) is 0 Å². The second kappa shape index (κ2) is 5.52. The fraction of sp³-hybridized carbons (Fsp3) is 0.545.